The Hall–Kier alpha value is -1.88. The molecule has 5 rings (SSSR count). The first-order chi connectivity index (χ1) is 16.9. The molecule has 0 aromatic carbocycles. The highest BCUT2D eigenvalue weighted by molar-refractivity contribution is 7.51. The quantitative estimate of drug-likeness (QED) is 0.409. The lowest BCUT2D eigenvalue weighted by molar-refractivity contribution is -0.201. The van der Waals surface area contributed by atoms with Crippen molar-refractivity contribution in [3.63, 3.8) is 0 Å². The third kappa shape index (κ3) is 4.61. The topological polar surface area (TPSA) is 139 Å². The minimum atomic E-state index is -4.37. The summed E-state index contributed by atoms with van der Waals surface area (Å²) in [5.41, 5.74) is 0.605. The van der Waals surface area contributed by atoms with Gasteiger partial charge in [-0.2, -0.15) is 5.26 Å². The first kappa shape index (κ1) is 25.8. The average Bonchev–Trinajstić information content (AvgIpc) is 3.49. The van der Waals surface area contributed by atoms with Gasteiger partial charge >= 0.3 is 7.60 Å². The van der Waals surface area contributed by atoms with Crippen molar-refractivity contribution >= 4 is 35.9 Å². The van der Waals surface area contributed by atoms with Gasteiger partial charge in [0.05, 0.1) is 25.4 Å². The van der Waals surface area contributed by atoms with Crippen LogP contribution in [0.25, 0.3) is 11.0 Å². The monoisotopic (exact) mass is 548 g/mol. The molecule has 2 aromatic heterocycles. The van der Waals surface area contributed by atoms with Gasteiger partial charge in [0.25, 0.3) is 0 Å². The van der Waals surface area contributed by atoms with Crippen LogP contribution >= 0.6 is 19.2 Å². The van der Waals surface area contributed by atoms with Gasteiger partial charge in [0, 0.05) is 11.6 Å². The molecule has 3 aliphatic rings. The molecule has 15 heteroatoms. The molecule has 3 fully saturated rings. The lowest BCUT2D eigenvalue weighted by Crippen LogP contribution is -2.33. The molecule has 11 nitrogen and oxygen atoms in total. The molecule has 0 aliphatic carbocycles. The van der Waals surface area contributed by atoms with Crippen LogP contribution in [0.2, 0.25) is 5.15 Å². The maximum absolute atomic E-state index is 14.0. The van der Waals surface area contributed by atoms with Gasteiger partial charge in [0.1, 0.15) is 41.9 Å². The summed E-state index contributed by atoms with van der Waals surface area (Å²) in [5, 5.41) is 10.0. The van der Waals surface area contributed by atoms with E-state index in [1.165, 1.54) is 4.90 Å². The van der Waals surface area contributed by atoms with Crippen molar-refractivity contribution in [2.45, 2.75) is 56.5 Å². The predicted molar refractivity (Wildman–Crippen MR) is 122 cm³/mol. The van der Waals surface area contributed by atoms with Crippen LogP contribution < -0.4 is 4.90 Å². The molecule has 36 heavy (non-hydrogen) atoms. The van der Waals surface area contributed by atoms with Crippen LogP contribution in [0.15, 0.2) is 12.3 Å². The summed E-state index contributed by atoms with van der Waals surface area (Å²) in [6.07, 6.45) is -5.31. The van der Waals surface area contributed by atoms with E-state index in [0.717, 1.165) is 0 Å². The Kier molecular flexibility index (Phi) is 6.54. The molecule has 2 aromatic rings. The summed E-state index contributed by atoms with van der Waals surface area (Å²) < 4.78 is 64.2. The first-order valence-corrected chi connectivity index (χ1v) is 13.3. The van der Waals surface area contributed by atoms with E-state index in [2.05, 4.69) is 4.98 Å². The van der Waals surface area contributed by atoms with Gasteiger partial charge < -0.3 is 38.2 Å². The molecule has 3 aliphatic heterocycles. The molecule has 0 amide bonds. The summed E-state index contributed by atoms with van der Waals surface area (Å²) in [7, 11) is -4.37. The van der Waals surface area contributed by atoms with Crippen LogP contribution in [-0.4, -0.2) is 81.8 Å². The van der Waals surface area contributed by atoms with Crippen LogP contribution in [0.3, 0.4) is 0 Å². The fourth-order valence-corrected chi connectivity index (χ4v) is 5.52. The van der Waals surface area contributed by atoms with Crippen LogP contribution in [0.5, 0.6) is 0 Å². The van der Waals surface area contributed by atoms with E-state index >= 15 is 0 Å². The SMILES string of the molecule is CC1(C)O[C@@H]2[C@H](O1)[C@@H](COCP(=O)(O)O)O[C@H]2n1ccc2c(N3C[C@@H](F)[C@@H](F)C3)c(C#N)c(Cl)nc21. The van der Waals surface area contributed by atoms with Crippen molar-refractivity contribution in [2.75, 3.05) is 30.9 Å². The number of hydrogen-bond acceptors (Lipinski definition) is 8. The Morgan fingerprint density at radius 3 is 2.61 bits per heavy atom. The normalized spacial score (nSPS) is 31.8. The second kappa shape index (κ2) is 9.15. The molecule has 2 N–H and O–H groups in total. The molecule has 0 unspecified atom stereocenters. The smallest absolute Gasteiger partial charge is 0.350 e. The molecular formula is C21H24ClF2N4O7P. The lowest BCUT2D eigenvalue weighted by Gasteiger charge is -2.25. The van der Waals surface area contributed by atoms with E-state index in [1.54, 1.807) is 30.7 Å². The molecule has 3 saturated heterocycles. The van der Waals surface area contributed by atoms with Crippen molar-refractivity contribution in [3.8, 4) is 6.07 Å². The zero-order valence-electron chi connectivity index (χ0n) is 19.3. The van der Waals surface area contributed by atoms with Crippen molar-refractivity contribution in [1.82, 2.24) is 9.55 Å². The molecule has 6 atom stereocenters. The lowest BCUT2D eigenvalue weighted by atomic mass is 10.1. The van der Waals surface area contributed by atoms with E-state index in [4.69, 9.17) is 40.3 Å². The van der Waals surface area contributed by atoms with Crippen LogP contribution in [0.4, 0.5) is 14.5 Å². The number of halogens is 3. The van der Waals surface area contributed by atoms with Crippen LogP contribution in [0, 0.1) is 11.3 Å². The number of anilines is 1. The van der Waals surface area contributed by atoms with E-state index in [1.807, 2.05) is 6.07 Å². The number of aromatic nitrogens is 2. The van der Waals surface area contributed by atoms with Gasteiger partial charge in [-0.15, -0.1) is 0 Å². The second-order valence-electron chi connectivity index (χ2n) is 9.43. The Morgan fingerprint density at radius 1 is 1.31 bits per heavy atom. The molecule has 0 bridgehead atoms. The van der Waals surface area contributed by atoms with Gasteiger partial charge in [0.15, 0.2) is 29.5 Å². The minimum Gasteiger partial charge on any atom is -0.366 e. The molecule has 196 valence electrons. The maximum atomic E-state index is 14.0. The first-order valence-electron chi connectivity index (χ1n) is 11.1. The zero-order chi connectivity index (χ0) is 26.0. The number of nitriles is 1. The number of alkyl halides is 2. The fraction of sp³-hybridized carbons (Fsp3) is 0.619. The Bertz CT molecular complexity index is 1260. The van der Waals surface area contributed by atoms with E-state index in [9.17, 15) is 18.6 Å². The Balaban J connectivity index is 1.52. The third-order valence-electron chi connectivity index (χ3n) is 6.34. The van der Waals surface area contributed by atoms with Crippen molar-refractivity contribution in [1.29, 1.82) is 5.26 Å². The number of ether oxygens (including phenoxy) is 4. The molecule has 5 heterocycles. The van der Waals surface area contributed by atoms with Gasteiger partial charge in [-0.1, -0.05) is 11.6 Å². The third-order valence-corrected chi connectivity index (χ3v) is 7.13. The molecule has 0 radical (unpaired) electrons. The summed E-state index contributed by atoms with van der Waals surface area (Å²) >= 11 is 6.34. The number of hydrogen-bond donors (Lipinski definition) is 2. The average molecular weight is 549 g/mol. The van der Waals surface area contributed by atoms with Gasteiger partial charge in [-0.25, -0.2) is 13.8 Å². The zero-order valence-corrected chi connectivity index (χ0v) is 20.9. The van der Waals surface area contributed by atoms with Crippen molar-refractivity contribution in [2.24, 2.45) is 0 Å². The largest absolute Gasteiger partial charge is 0.366 e. The van der Waals surface area contributed by atoms with E-state index in [-0.39, 0.29) is 36.1 Å². The second-order valence-corrected chi connectivity index (χ2v) is 11.4. The summed E-state index contributed by atoms with van der Waals surface area (Å²) in [4.78, 5) is 24.0. The van der Waals surface area contributed by atoms with Crippen LogP contribution in [0.1, 0.15) is 25.6 Å². The predicted octanol–water partition coefficient (Wildman–Crippen LogP) is 2.63. The molecule has 0 spiro atoms. The highest BCUT2D eigenvalue weighted by Gasteiger charge is 2.56. The Morgan fingerprint density at radius 2 is 1.97 bits per heavy atom. The number of rotatable bonds is 6. The number of nitrogens with zero attached hydrogens (tertiary/aromatic N) is 4. The Labute approximate surface area is 209 Å². The molecule has 0 saturated carbocycles. The summed E-state index contributed by atoms with van der Waals surface area (Å²) in [6.45, 7) is 2.83. The maximum Gasteiger partial charge on any atom is 0.350 e. The van der Waals surface area contributed by atoms with Crippen molar-refractivity contribution < 1.29 is 42.1 Å². The highest BCUT2D eigenvalue weighted by Crippen LogP contribution is 2.46. The standard InChI is InChI=1S/C21H24ClF2N4O7P/c1-21(2)34-16-14(8-32-9-36(29,30)31)33-20(17(16)35-21)28-4-3-10-15(27-6-12(23)13(24)7-27)11(5-25)18(22)26-19(10)28/h3-4,12-14,16-17,20H,6-9H2,1-2H3,(H2,29,30,31)/t12-,13+,14-,16-,17-,20-/m1/s1. The van der Waals surface area contributed by atoms with E-state index < -0.39 is 56.6 Å². The molecular weight excluding hydrogens is 525 g/mol. The van der Waals surface area contributed by atoms with Gasteiger partial charge in [-0.3, -0.25) is 4.57 Å². The summed E-state index contributed by atoms with van der Waals surface area (Å²) in [5.74, 6) is -0.964. The summed E-state index contributed by atoms with van der Waals surface area (Å²) in [6, 6.07) is 3.64. The highest BCUT2D eigenvalue weighted by atomic mass is 35.5. The van der Waals surface area contributed by atoms with Crippen LogP contribution in [-0.2, 0) is 23.5 Å². The van der Waals surface area contributed by atoms with Gasteiger partial charge in [-0.05, 0) is 19.9 Å². The fourth-order valence-electron chi connectivity index (χ4n) is 4.97. The number of pyridine rings is 1. The van der Waals surface area contributed by atoms with Gasteiger partial charge in [0.2, 0.25) is 0 Å². The van der Waals surface area contributed by atoms with Crippen molar-refractivity contribution in [3.05, 3.63) is 23.0 Å². The van der Waals surface area contributed by atoms with E-state index in [0.29, 0.717) is 11.0 Å². The minimum absolute atomic E-state index is 0.0127. The number of fused-ring (bicyclic) bond motifs is 2.